The Morgan fingerprint density at radius 2 is 2.00 bits per heavy atom. The molecule has 122 valence electrons. The number of aromatic nitrogens is 4. The number of aryl methyl sites for hydroxylation is 1. The van der Waals surface area contributed by atoms with Crippen LogP contribution < -0.4 is 4.90 Å². The van der Waals surface area contributed by atoms with E-state index in [1.807, 2.05) is 35.2 Å². The van der Waals surface area contributed by atoms with Gasteiger partial charge in [0, 0.05) is 24.7 Å². The van der Waals surface area contributed by atoms with E-state index in [1.165, 1.54) is 10.9 Å². The lowest BCUT2D eigenvalue weighted by Crippen LogP contribution is -2.40. The van der Waals surface area contributed by atoms with Crippen LogP contribution in [0, 0.1) is 0 Å². The fraction of sp³-hybridized carbons (Fsp3) is 0.333. The second-order valence-corrected chi connectivity index (χ2v) is 6.21. The summed E-state index contributed by atoms with van der Waals surface area (Å²) in [6.07, 6.45) is 7.63. The van der Waals surface area contributed by atoms with Gasteiger partial charge in [0.05, 0.1) is 17.4 Å². The quantitative estimate of drug-likeness (QED) is 0.744. The van der Waals surface area contributed by atoms with Crippen molar-refractivity contribution in [3.8, 4) is 0 Å². The third-order valence-corrected chi connectivity index (χ3v) is 4.71. The molecule has 0 bridgehead atoms. The first-order valence-corrected chi connectivity index (χ1v) is 8.27. The fourth-order valence-electron chi connectivity index (χ4n) is 3.52. The van der Waals surface area contributed by atoms with E-state index in [9.17, 15) is 4.79 Å². The maximum absolute atomic E-state index is 13.3. The van der Waals surface area contributed by atoms with E-state index >= 15 is 0 Å². The van der Waals surface area contributed by atoms with Crippen molar-refractivity contribution in [2.24, 2.45) is 7.05 Å². The molecule has 0 spiro atoms. The lowest BCUT2D eigenvalue weighted by molar-refractivity contribution is 0.0968. The molecule has 0 saturated heterocycles. The summed E-state index contributed by atoms with van der Waals surface area (Å²) in [6.45, 7) is 0. The minimum absolute atomic E-state index is 0.0625. The SMILES string of the molecule is Cn1nncc1C(=O)N(c1cccc2cccnc12)C1CCCC1. The molecule has 1 aliphatic rings. The van der Waals surface area contributed by atoms with E-state index in [4.69, 9.17) is 0 Å². The molecule has 0 aliphatic heterocycles. The summed E-state index contributed by atoms with van der Waals surface area (Å²) in [4.78, 5) is 19.7. The number of carbonyl (C=O) groups excluding carboxylic acids is 1. The molecule has 6 nitrogen and oxygen atoms in total. The Bertz CT molecular complexity index is 877. The predicted molar refractivity (Wildman–Crippen MR) is 91.8 cm³/mol. The highest BCUT2D eigenvalue weighted by Crippen LogP contribution is 2.33. The molecule has 24 heavy (non-hydrogen) atoms. The number of hydrogen-bond donors (Lipinski definition) is 0. The summed E-state index contributed by atoms with van der Waals surface area (Å²) in [5, 5.41) is 8.80. The summed E-state index contributed by atoms with van der Waals surface area (Å²) in [5.41, 5.74) is 2.22. The number of rotatable bonds is 3. The van der Waals surface area contributed by atoms with E-state index in [2.05, 4.69) is 15.3 Å². The van der Waals surface area contributed by atoms with Gasteiger partial charge in [-0.1, -0.05) is 36.3 Å². The summed E-state index contributed by atoms with van der Waals surface area (Å²) in [6, 6.07) is 10.1. The van der Waals surface area contributed by atoms with Crippen molar-refractivity contribution >= 4 is 22.5 Å². The zero-order valence-electron chi connectivity index (χ0n) is 13.6. The van der Waals surface area contributed by atoms with Crippen LogP contribution in [0.5, 0.6) is 0 Å². The highest BCUT2D eigenvalue weighted by Gasteiger charge is 2.31. The van der Waals surface area contributed by atoms with Crippen LogP contribution in [-0.2, 0) is 7.05 Å². The molecular formula is C18H19N5O. The first kappa shape index (κ1) is 14.8. The Labute approximate surface area is 140 Å². The Hall–Kier alpha value is -2.76. The Morgan fingerprint density at radius 1 is 1.21 bits per heavy atom. The van der Waals surface area contributed by atoms with E-state index in [0.717, 1.165) is 42.3 Å². The Balaban J connectivity index is 1.86. The number of carbonyl (C=O) groups is 1. The topological polar surface area (TPSA) is 63.9 Å². The van der Waals surface area contributed by atoms with E-state index < -0.39 is 0 Å². The maximum Gasteiger partial charge on any atom is 0.278 e. The summed E-state index contributed by atoms with van der Waals surface area (Å²) in [5.74, 6) is -0.0625. The van der Waals surface area contributed by atoms with Gasteiger partial charge in [-0.3, -0.25) is 9.78 Å². The molecule has 3 aromatic rings. The molecule has 1 aromatic carbocycles. The van der Waals surface area contributed by atoms with Gasteiger partial charge in [-0.05, 0) is 25.0 Å². The number of hydrogen-bond acceptors (Lipinski definition) is 4. The zero-order valence-corrected chi connectivity index (χ0v) is 13.6. The second kappa shape index (κ2) is 6.03. The predicted octanol–water partition coefficient (Wildman–Crippen LogP) is 2.95. The minimum atomic E-state index is -0.0625. The average Bonchev–Trinajstić information content (AvgIpc) is 3.27. The molecule has 6 heteroatoms. The summed E-state index contributed by atoms with van der Waals surface area (Å²) < 4.78 is 1.53. The van der Waals surface area contributed by atoms with Crippen LogP contribution in [-0.4, -0.2) is 31.9 Å². The molecule has 1 aliphatic carbocycles. The van der Waals surface area contributed by atoms with Crippen LogP contribution in [0.3, 0.4) is 0 Å². The van der Waals surface area contributed by atoms with Gasteiger partial charge in [0.1, 0.15) is 5.69 Å². The van der Waals surface area contributed by atoms with E-state index in [-0.39, 0.29) is 11.9 Å². The van der Waals surface area contributed by atoms with Crippen LogP contribution in [0.2, 0.25) is 0 Å². The van der Waals surface area contributed by atoms with Crippen LogP contribution >= 0.6 is 0 Å². The van der Waals surface area contributed by atoms with Gasteiger partial charge in [-0.15, -0.1) is 5.10 Å². The van der Waals surface area contributed by atoms with E-state index in [0.29, 0.717) is 5.69 Å². The molecular weight excluding hydrogens is 302 g/mol. The van der Waals surface area contributed by atoms with Crippen molar-refractivity contribution in [2.75, 3.05) is 4.90 Å². The molecule has 0 N–H and O–H groups in total. The second-order valence-electron chi connectivity index (χ2n) is 6.21. The highest BCUT2D eigenvalue weighted by molar-refractivity contribution is 6.09. The van der Waals surface area contributed by atoms with Gasteiger partial charge in [-0.25, -0.2) is 4.68 Å². The minimum Gasteiger partial charge on any atom is -0.302 e. The van der Waals surface area contributed by atoms with Crippen LogP contribution in [0.25, 0.3) is 10.9 Å². The molecule has 0 radical (unpaired) electrons. The number of para-hydroxylation sites is 1. The van der Waals surface area contributed by atoms with Crippen molar-refractivity contribution in [2.45, 2.75) is 31.7 Å². The molecule has 1 saturated carbocycles. The summed E-state index contributed by atoms with van der Waals surface area (Å²) in [7, 11) is 1.74. The molecule has 4 rings (SSSR count). The number of pyridine rings is 1. The van der Waals surface area contributed by atoms with Crippen LogP contribution in [0.15, 0.2) is 42.7 Å². The molecule has 2 heterocycles. The number of nitrogens with zero attached hydrogens (tertiary/aromatic N) is 5. The standard InChI is InChI=1S/C18H19N5O/c1-22-16(12-20-21-22)18(24)23(14-8-2-3-9-14)15-10-4-6-13-7-5-11-19-17(13)15/h4-7,10-12,14H,2-3,8-9H2,1H3. The third-order valence-electron chi connectivity index (χ3n) is 4.71. The van der Waals surface area contributed by atoms with Crippen molar-refractivity contribution in [1.82, 2.24) is 20.0 Å². The van der Waals surface area contributed by atoms with Gasteiger partial charge in [0.15, 0.2) is 0 Å². The largest absolute Gasteiger partial charge is 0.302 e. The molecule has 0 atom stereocenters. The first-order valence-electron chi connectivity index (χ1n) is 8.27. The number of benzene rings is 1. The van der Waals surface area contributed by atoms with Gasteiger partial charge < -0.3 is 4.90 Å². The van der Waals surface area contributed by atoms with Gasteiger partial charge in [0.2, 0.25) is 0 Å². The number of anilines is 1. The van der Waals surface area contributed by atoms with Gasteiger partial charge in [0.25, 0.3) is 5.91 Å². The van der Waals surface area contributed by atoms with Crippen molar-refractivity contribution in [1.29, 1.82) is 0 Å². The lowest BCUT2D eigenvalue weighted by atomic mass is 10.1. The van der Waals surface area contributed by atoms with Crippen molar-refractivity contribution < 1.29 is 4.79 Å². The zero-order chi connectivity index (χ0) is 16.5. The van der Waals surface area contributed by atoms with Crippen molar-refractivity contribution in [3.05, 3.63) is 48.4 Å². The Morgan fingerprint density at radius 3 is 2.75 bits per heavy atom. The van der Waals surface area contributed by atoms with Crippen LogP contribution in [0.1, 0.15) is 36.2 Å². The number of amides is 1. The van der Waals surface area contributed by atoms with Gasteiger partial charge in [-0.2, -0.15) is 0 Å². The first-order chi connectivity index (χ1) is 11.8. The lowest BCUT2D eigenvalue weighted by Gasteiger charge is -2.29. The van der Waals surface area contributed by atoms with Crippen LogP contribution in [0.4, 0.5) is 5.69 Å². The average molecular weight is 321 g/mol. The maximum atomic E-state index is 13.3. The van der Waals surface area contributed by atoms with Crippen molar-refractivity contribution in [3.63, 3.8) is 0 Å². The highest BCUT2D eigenvalue weighted by atomic mass is 16.2. The Kier molecular flexibility index (Phi) is 3.72. The molecule has 1 fully saturated rings. The third kappa shape index (κ3) is 2.44. The smallest absolute Gasteiger partial charge is 0.278 e. The van der Waals surface area contributed by atoms with Gasteiger partial charge >= 0.3 is 0 Å². The molecule has 2 aromatic heterocycles. The fourth-order valence-corrected chi connectivity index (χ4v) is 3.52. The molecule has 1 amide bonds. The number of fused-ring (bicyclic) bond motifs is 1. The summed E-state index contributed by atoms with van der Waals surface area (Å²) >= 11 is 0. The normalized spacial score (nSPS) is 15.0. The van der Waals surface area contributed by atoms with E-state index in [1.54, 1.807) is 13.2 Å². The molecule has 0 unspecified atom stereocenters. The monoisotopic (exact) mass is 321 g/mol.